The van der Waals surface area contributed by atoms with Crippen LogP contribution in [0.15, 0.2) is 48.5 Å². The second-order valence-corrected chi connectivity index (χ2v) is 4.92. The summed E-state index contributed by atoms with van der Waals surface area (Å²) in [5.74, 6) is -0.894. The van der Waals surface area contributed by atoms with Gasteiger partial charge in [-0.2, -0.15) is 0 Å². The number of anilines is 3. The number of benzene rings is 2. The molecule has 3 rings (SSSR count). The van der Waals surface area contributed by atoms with Crippen LogP contribution in [0, 0.1) is 0 Å². The van der Waals surface area contributed by atoms with Crippen LogP contribution in [-0.2, 0) is 0 Å². The molecule has 0 amide bonds. The summed E-state index contributed by atoms with van der Waals surface area (Å²) in [6, 6.07) is 15.3. The van der Waals surface area contributed by atoms with E-state index < -0.39 is 5.97 Å². The standard InChI is InChI=1S/C16H16N2O2/c1-17-9-10-18(15-8-3-2-7-14(15)17)13-6-4-5-12(11-13)16(19)20/h2-8,11H,9-10H2,1H3,(H,19,20). The third-order valence-corrected chi connectivity index (χ3v) is 3.65. The van der Waals surface area contributed by atoms with Crippen LogP contribution in [0.2, 0.25) is 0 Å². The van der Waals surface area contributed by atoms with Gasteiger partial charge in [-0.25, -0.2) is 4.79 Å². The Morgan fingerprint density at radius 3 is 2.55 bits per heavy atom. The van der Waals surface area contributed by atoms with Crippen LogP contribution in [0.3, 0.4) is 0 Å². The Hall–Kier alpha value is -2.49. The van der Waals surface area contributed by atoms with E-state index in [0.29, 0.717) is 5.56 Å². The summed E-state index contributed by atoms with van der Waals surface area (Å²) in [4.78, 5) is 15.5. The molecule has 0 atom stereocenters. The Kier molecular flexibility index (Phi) is 3.06. The van der Waals surface area contributed by atoms with Crippen molar-refractivity contribution in [1.29, 1.82) is 0 Å². The number of carboxylic acids is 1. The lowest BCUT2D eigenvalue weighted by Crippen LogP contribution is -2.36. The average Bonchev–Trinajstić information content (AvgIpc) is 2.48. The van der Waals surface area contributed by atoms with Gasteiger partial charge in [-0.3, -0.25) is 0 Å². The van der Waals surface area contributed by atoms with Gasteiger partial charge in [0, 0.05) is 25.8 Å². The maximum absolute atomic E-state index is 11.1. The first-order valence-corrected chi connectivity index (χ1v) is 6.58. The van der Waals surface area contributed by atoms with E-state index in [0.717, 1.165) is 24.5 Å². The predicted molar refractivity (Wildman–Crippen MR) is 80.1 cm³/mol. The van der Waals surface area contributed by atoms with Crippen molar-refractivity contribution >= 4 is 23.0 Å². The minimum Gasteiger partial charge on any atom is -0.478 e. The van der Waals surface area contributed by atoms with Gasteiger partial charge in [0.15, 0.2) is 0 Å². The molecule has 1 aliphatic heterocycles. The highest BCUT2D eigenvalue weighted by molar-refractivity contribution is 5.90. The third-order valence-electron chi connectivity index (χ3n) is 3.65. The molecule has 0 spiro atoms. The number of rotatable bonds is 2. The number of nitrogens with zero attached hydrogens (tertiary/aromatic N) is 2. The molecule has 20 heavy (non-hydrogen) atoms. The molecule has 0 unspecified atom stereocenters. The molecule has 2 aromatic carbocycles. The molecule has 4 heteroatoms. The first kappa shape index (κ1) is 12.5. The molecule has 1 N–H and O–H groups in total. The zero-order chi connectivity index (χ0) is 14.1. The van der Waals surface area contributed by atoms with Gasteiger partial charge < -0.3 is 14.9 Å². The second-order valence-electron chi connectivity index (χ2n) is 4.92. The van der Waals surface area contributed by atoms with E-state index in [-0.39, 0.29) is 0 Å². The summed E-state index contributed by atoms with van der Waals surface area (Å²) < 4.78 is 0. The van der Waals surface area contributed by atoms with Gasteiger partial charge >= 0.3 is 5.97 Å². The fourth-order valence-corrected chi connectivity index (χ4v) is 2.58. The smallest absolute Gasteiger partial charge is 0.335 e. The lowest BCUT2D eigenvalue weighted by atomic mass is 10.1. The summed E-state index contributed by atoms with van der Waals surface area (Å²) in [7, 11) is 2.07. The normalized spacial score (nSPS) is 14.1. The monoisotopic (exact) mass is 268 g/mol. The minimum absolute atomic E-state index is 0.318. The summed E-state index contributed by atoms with van der Waals surface area (Å²) in [5.41, 5.74) is 3.52. The molecule has 2 aromatic rings. The van der Waals surface area contributed by atoms with Gasteiger partial charge in [0.05, 0.1) is 16.9 Å². The number of hydrogen-bond donors (Lipinski definition) is 1. The van der Waals surface area contributed by atoms with Crippen LogP contribution >= 0.6 is 0 Å². The predicted octanol–water partition coefficient (Wildman–Crippen LogP) is 2.97. The Morgan fingerprint density at radius 1 is 1.05 bits per heavy atom. The SMILES string of the molecule is CN1CCN(c2cccc(C(=O)O)c2)c2ccccc21. The number of fused-ring (bicyclic) bond motifs is 1. The first-order chi connectivity index (χ1) is 9.66. The third kappa shape index (κ3) is 2.09. The van der Waals surface area contributed by atoms with E-state index in [9.17, 15) is 4.79 Å². The molecule has 0 bridgehead atoms. The highest BCUT2D eigenvalue weighted by Crippen LogP contribution is 2.36. The fraction of sp³-hybridized carbons (Fsp3) is 0.188. The van der Waals surface area contributed by atoms with Crippen LogP contribution < -0.4 is 9.80 Å². The van der Waals surface area contributed by atoms with Gasteiger partial charge in [-0.1, -0.05) is 18.2 Å². The molecule has 102 valence electrons. The quantitative estimate of drug-likeness (QED) is 0.909. The maximum Gasteiger partial charge on any atom is 0.335 e. The average molecular weight is 268 g/mol. The van der Waals surface area contributed by atoms with Gasteiger partial charge in [-0.15, -0.1) is 0 Å². The number of carboxylic acid groups (broad SMARTS) is 1. The van der Waals surface area contributed by atoms with Crippen LogP contribution in [0.25, 0.3) is 0 Å². The lowest BCUT2D eigenvalue weighted by molar-refractivity contribution is 0.0697. The Balaban J connectivity index is 2.05. The van der Waals surface area contributed by atoms with Crippen molar-refractivity contribution in [3.05, 3.63) is 54.1 Å². The molecule has 0 radical (unpaired) electrons. The summed E-state index contributed by atoms with van der Waals surface area (Å²) in [6.45, 7) is 1.75. The molecule has 0 aromatic heterocycles. The van der Waals surface area contributed by atoms with Crippen molar-refractivity contribution < 1.29 is 9.90 Å². The van der Waals surface area contributed by atoms with Gasteiger partial charge in [0.2, 0.25) is 0 Å². The number of aromatic carboxylic acids is 1. The molecule has 0 saturated heterocycles. The lowest BCUT2D eigenvalue weighted by Gasteiger charge is -2.37. The number of para-hydroxylation sites is 2. The largest absolute Gasteiger partial charge is 0.478 e. The molecular weight excluding hydrogens is 252 g/mol. The van der Waals surface area contributed by atoms with E-state index in [1.54, 1.807) is 18.2 Å². The molecule has 1 heterocycles. The fourth-order valence-electron chi connectivity index (χ4n) is 2.58. The van der Waals surface area contributed by atoms with Crippen LogP contribution in [0.5, 0.6) is 0 Å². The van der Waals surface area contributed by atoms with Crippen molar-refractivity contribution in [3.8, 4) is 0 Å². The van der Waals surface area contributed by atoms with Crippen LogP contribution in [-0.4, -0.2) is 31.2 Å². The zero-order valence-electron chi connectivity index (χ0n) is 11.3. The molecule has 1 aliphatic rings. The Bertz CT molecular complexity index is 654. The van der Waals surface area contributed by atoms with Crippen molar-refractivity contribution in [3.63, 3.8) is 0 Å². The molecular formula is C16H16N2O2. The van der Waals surface area contributed by atoms with Crippen LogP contribution in [0.4, 0.5) is 17.1 Å². The van der Waals surface area contributed by atoms with Crippen molar-refractivity contribution in [2.45, 2.75) is 0 Å². The Labute approximate surface area is 117 Å². The summed E-state index contributed by atoms with van der Waals surface area (Å²) in [6.07, 6.45) is 0. The summed E-state index contributed by atoms with van der Waals surface area (Å²) in [5, 5.41) is 9.12. The first-order valence-electron chi connectivity index (χ1n) is 6.58. The molecule has 0 saturated carbocycles. The van der Waals surface area contributed by atoms with E-state index >= 15 is 0 Å². The van der Waals surface area contributed by atoms with E-state index in [1.165, 1.54) is 5.69 Å². The van der Waals surface area contributed by atoms with Crippen LogP contribution in [0.1, 0.15) is 10.4 Å². The molecule has 0 fully saturated rings. The van der Waals surface area contributed by atoms with E-state index in [2.05, 4.69) is 29.0 Å². The van der Waals surface area contributed by atoms with E-state index in [1.807, 2.05) is 18.2 Å². The van der Waals surface area contributed by atoms with Gasteiger partial charge in [-0.05, 0) is 30.3 Å². The Morgan fingerprint density at radius 2 is 1.80 bits per heavy atom. The number of likely N-dealkylation sites (N-methyl/N-ethyl adjacent to an activating group) is 1. The molecule has 0 aliphatic carbocycles. The molecule has 4 nitrogen and oxygen atoms in total. The minimum atomic E-state index is -0.894. The second kappa shape index (κ2) is 4.89. The number of hydrogen-bond acceptors (Lipinski definition) is 3. The summed E-state index contributed by atoms with van der Waals surface area (Å²) >= 11 is 0. The maximum atomic E-state index is 11.1. The van der Waals surface area contributed by atoms with Crippen molar-refractivity contribution in [2.75, 3.05) is 29.9 Å². The van der Waals surface area contributed by atoms with Crippen molar-refractivity contribution in [1.82, 2.24) is 0 Å². The van der Waals surface area contributed by atoms with Gasteiger partial charge in [0.1, 0.15) is 0 Å². The van der Waals surface area contributed by atoms with Crippen molar-refractivity contribution in [2.24, 2.45) is 0 Å². The topological polar surface area (TPSA) is 43.8 Å². The number of carbonyl (C=O) groups is 1. The highest BCUT2D eigenvalue weighted by Gasteiger charge is 2.21. The van der Waals surface area contributed by atoms with Gasteiger partial charge in [0.25, 0.3) is 0 Å². The zero-order valence-corrected chi connectivity index (χ0v) is 11.3. The highest BCUT2D eigenvalue weighted by atomic mass is 16.4. The van der Waals surface area contributed by atoms with E-state index in [4.69, 9.17) is 5.11 Å².